The lowest BCUT2D eigenvalue weighted by Crippen LogP contribution is -2.45. The van der Waals surface area contributed by atoms with Gasteiger partial charge in [0.05, 0.1) is 0 Å². The summed E-state index contributed by atoms with van der Waals surface area (Å²) in [6, 6.07) is 4.18. The average Bonchev–Trinajstić information content (AvgIpc) is 2.34. The number of carbonyl (C=O) groups excluding carboxylic acids is 1. The van der Waals surface area contributed by atoms with Crippen molar-refractivity contribution in [3.8, 4) is 0 Å². The highest BCUT2D eigenvalue weighted by molar-refractivity contribution is 5.95. The maximum Gasteiger partial charge on any atom is 0.326 e. The molecule has 0 aromatic carbocycles. The molecule has 0 aliphatic carbocycles. The second-order valence-corrected chi connectivity index (χ2v) is 4.34. The molecule has 1 aromatic heterocycles. The van der Waals surface area contributed by atoms with E-state index in [2.05, 4.69) is 10.3 Å². The number of aliphatic carboxylic acids is 1. The van der Waals surface area contributed by atoms with E-state index >= 15 is 0 Å². The highest BCUT2D eigenvalue weighted by Gasteiger charge is 2.26. The summed E-state index contributed by atoms with van der Waals surface area (Å²) in [5, 5.41) is 11.6. The number of pyridine rings is 1. The Hall–Kier alpha value is -1.91. The molecule has 5 heteroatoms. The summed E-state index contributed by atoms with van der Waals surface area (Å²) in [4.78, 5) is 27.1. The van der Waals surface area contributed by atoms with Gasteiger partial charge in [-0.1, -0.05) is 26.3 Å². The Labute approximate surface area is 106 Å². The first kappa shape index (κ1) is 14.2. The molecule has 0 radical (unpaired) electrons. The largest absolute Gasteiger partial charge is 0.480 e. The number of nitrogens with one attached hydrogen (secondary N) is 1. The third-order valence-corrected chi connectivity index (χ3v) is 2.89. The van der Waals surface area contributed by atoms with Crippen LogP contribution < -0.4 is 5.32 Å². The number of carboxylic acids is 1. The van der Waals surface area contributed by atoms with E-state index in [-0.39, 0.29) is 11.6 Å². The van der Waals surface area contributed by atoms with Crippen LogP contribution in [0.25, 0.3) is 0 Å². The molecule has 1 amide bonds. The Balaban J connectivity index is 2.82. The van der Waals surface area contributed by atoms with Crippen LogP contribution in [0, 0.1) is 12.8 Å². The van der Waals surface area contributed by atoms with Gasteiger partial charge in [0.1, 0.15) is 11.7 Å². The summed E-state index contributed by atoms with van der Waals surface area (Å²) >= 11 is 0. The van der Waals surface area contributed by atoms with E-state index in [9.17, 15) is 9.59 Å². The van der Waals surface area contributed by atoms with E-state index in [1.165, 1.54) is 0 Å². The van der Waals surface area contributed by atoms with Gasteiger partial charge in [0, 0.05) is 5.69 Å². The molecular formula is C13H18N2O3. The fourth-order valence-electron chi connectivity index (χ4n) is 1.57. The molecule has 1 aromatic rings. The van der Waals surface area contributed by atoms with E-state index in [1.807, 2.05) is 6.92 Å². The minimum Gasteiger partial charge on any atom is -0.480 e. The van der Waals surface area contributed by atoms with Crippen molar-refractivity contribution in [2.45, 2.75) is 33.2 Å². The molecular weight excluding hydrogens is 232 g/mol. The van der Waals surface area contributed by atoms with Gasteiger partial charge in [0.2, 0.25) is 0 Å². The lowest BCUT2D eigenvalue weighted by molar-refractivity contribution is -0.140. The molecule has 0 bridgehead atoms. The molecule has 2 N–H and O–H groups in total. The summed E-state index contributed by atoms with van der Waals surface area (Å²) in [7, 11) is 0. The van der Waals surface area contributed by atoms with Crippen molar-refractivity contribution in [1.82, 2.24) is 10.3 Å². The van der Waals surface area contributed by atoms with Gasteiger partial charge in [0.15, 0.2) is 0 Å². The number of aromatic nitrogens is 1. The third kappa shape index (κ3) is 3.55. The van der Waals surface area contributed by atoms with Gasteiger partial charge < -0.3 is 10.4 Å². The Kier molecular flexibility index (Phi) is 4.83. The Bertz CT molecular complexity index is 446. The van der Waals surface area contributed by atoms with Gasteiger partial charge in [-0.15, -0.1) is 0 Å². The zero-order valence-corrected chi connectivity index (χ0v) is 10.8. The van der Waals surface area contributed by atoms with Crippen LogP contribution in [0.5, 0.6) is 0 Å². The van der Waals surface area contributed by atoms with Crippen LogP contribution in [0.1, 0.15) is 36.5 Å². The predicted molar refractivity (Wildman–Crippen MR) is 67.3 cm³/mol. The van der Waals surface area contributed by atoms with Gasteiger partial charge in [-0.05, 0) is 25.0 Å². The minimum atomic E-state index is -1.02. The number of carbonyl (C=O) groups is 2. The van der Waals surface area contributed by atoms with Crippen LogP contribution in [-0.2, 0) is 4.79 Å². The molecule has 5 nitrogen and oxygen atoms in total. The summed E-state index contributed by atoms with van der Waals surface area (Å²) < 4.78 is 0. The lowest BCUT2D eigenvalue weighted by atomic mass is 9.99. The van der Waals surface area contributed by atoms with E-state index in [1.54, 1.807) is 32.0 Å². The monoisotopic (exact) mass is 250 g/mol. The zero-order valence-electron chi connectivity index (χ0n) is 10.8. The Morgan fingerprint density at radius 3 is 2.61 bits per heavy atom. The highest BCUT2D eigenvalue weighted by atomic mass is 16.4. The van der Waals surface area contributed by atoms with Crippen LogP contribution in [0.3, 0.4) is 0 Å². The summed E-state index contributed by atoms with van der Waals surface area (Å²) in [5.41, 5.74) is 0.961. The highest BCUT2D eigenvalue weighted by Crippen LogP contribution is 2.09. The van der Waals surface area contributed by atoms with Crippen molar-refractivity contribution in [2.75, 3.05) is 0 Å². The summed E-state index contributed by atoms with van der Waals surface area (Å²) in [6.07, 6.45) is 0.679. The van der Waals surface area contributed by atoms with E-state index < -0.39 is 17.9 Å². The second-order valence-electron chi connectivity index (χ2n) is 4.34. The van der Waals surface area contributed by atoms with Crippen LogP contribution in [0.15, 0.2) is 18.2 Å². The normalized spacial score (nSPS) is 13.7. The third-order valence-electron chi connectivity index (χ3n) is 2.89. The van der Waals surface area contributed by atoms with Crippen molar-refractivity contribution < 1.29 is 14.7 Å². The number of hydrogen-bond acceptors (Lipinski definition) is 3. The van der Waals surface area contributed by atoms with Crippen molar-refractivity contribution in [3.63, 3.8) is 0 Å². The van der Waals surface area contributed by atoms with E-state index in [0.29, 0.717) is 6.42 Å². The molecule has 0 spiro atoms. The van der Waals surface area contributed by atoms with Crippen LogP contribution in [0.2, 0.25) is 0 Å². The molecule has 0 saturated heterocycles. The van der Waals surface area contributed by atoms with E-state index in [0.717, 1.165) is 5.69 Å². The maximum atomic E-state index is 11.9. The lowest BCUT2D eigenvalue weighted by Gasteiger charge is -2.19. The van der Waals surface area contributed by atoms with Gasteiger partial charge in [-0.3, -0.25) is 4.79 Å². The number of rotatable bonds is 5. The molecule has 0 fully saturated rings. The standard InChI is InChI=1S/C13H18N2O3/c1-4-8(2)11(13(17)18)15-12(16)10-7-5-6-9(3)14-10/h5-8,11H,4H2,1-3H3,(H,15,16)(H,17,18)/t8-,11-/m0/s1. The average molecular weight is 250 g/mol. The number of aryl methyl sites for hydroxylation is 1. The maximum absolute atomic E-state index is 11.9. The smallest absolute Gasteiger partial charge is 0.326 e. The summed E-state index contributed by atoms with van der Waals surface area (Å²) in [6.45, 7) is 5.46. The topological polar surface area (TPSA) is 79.3 Å². The fraction of sp³-hybridized carbons (Fsp3) is 0.462. The van der Waals surface area contributed by atoms with Gasteiger partial charge >= 0.3 is 5.97 Å². The molecule has 0 unspecified atom stereocenters. The summed E-state index contributed by atoms with van der Waals surface area (Å²) in [5.74, 6) is -1.60. The van der Waals surface area contributed by atoms with Crippen molar-refractivity contribution in [2.24, 2.45) is 5.92 Å². The fourth-order valence-corrected chi connectivity index (χ4v) is 1.57. The molecule has 0 aliphatic rings. The molecule has 0 saturated carbocycles. The molecule has 98 valence electrons. The van der Waals surface area contributed by atoms with Crippen molar-refractivity contribution in [1.29, 1.82) is 0 Å². The first-order valence-electron chi connectivity index (χ1n) is 5.93. The first-order chi connectivity index (χ1) is 8.45. The van der Waals surface area contributed by atoms with Crippen LogP contribution in [-0.4, -0.2) is 28.0 Å². The van der Waals surface area contributed by atoms with E-state index in [4.69, 9.17) is 5.11 Å². The minimum absolute atomic E-state index is 0.128. The first-order valence-corrected chi connectivity index (χ1v) is 5.93. The quantitative estimate of drug-likeness (QED) is 0.832. The van der Waals surface area contributed by atoms with Crippen molar-refractivity contribution >= 4 is 11.9 Å². The number of hydrogen-bond donors (Lipinski definition) is 2. The van der Waals surface area contributed by atoms with Gasteiger partial charge in [-0.25, -0.2) is 9.78 Å². The Morgan fingerprint density at radius 1 is 1.44 bits per heavy atom. The number of carboxylic acid groups (broad SMARTS) is 1. The number of amides is 1. The Morgan fingerprint density at radius 2 is 2.11 bits per heavy atom. The molecule has 1 heterocycles. The SMILES string of the molecule is CC[C@H](C)[C@H](NC(=O)c1cccc(C)n1)C(=O)O. The number of nitrogens with zero attached hydrogens (tertiary/aromatic N) is 1. The molecule has 2 atom stereocenters. The van der Waals surface area contributed by atoms with Gasteiger partial charge in [-0.2, -0.15) is 0 Å². The van der Waals surface area contributed by atoms with Crippen molar-refractivity contribution in [3.05, 3.63) is 29.6 Å². The second kappa shape index (κ2) is 6.14. The predicted octanol–water partition coefficient (Wildman–Crippen LogP) is 1.62. The molecule has 18 heavy (non-hydrogen) atoms. The van der Waals surface area contributed by atoms with Gasteiger partial charge in [0.25, 0.3) is 5.91 Å². The molecule has 1 rings (SSSR count). The van der Waals surface area contributed by atoms with Crippen LogP contribution in [0.4, 0.5) is 0 Å². The zero-order chi connectivity index (χ0) is 13.7. The molecule has 0 aliphatic heterocycles. The van der Waals surface area contributed by atoms with Crippen LogP contribution >= 0.6 is 0 Å².